The number of aromatic nitrogens is 1. The number of amides is 1. The second-order valence-electron chi connectivity index (χ2n) is 6.20. The molecule has 2 aromatic rings. The van der Waals surface area contributed by atoms with E-state index in [2.05, 4.69) is 4.72 Å². The summed E-state index contributed by atoms with van der Waals surface area (Å²) >= 11 is 6.27. The van der Waals surface area contributed by atoms with Crippen molar-refractivity contribution in [3.8, 4) is 0 Å². The third kappa shape index (κ3) is 4.09. The molecule has 1 aliphatic rings. The lowest BCUT2D eigenvalue weighted by molar-refractivity contribution is -0.119. The molecule has 6 nitrogen and oxygen atoms in total. The minimum absolute atomic E-state index is 0.297. The fourth-order valence-corrected chi connectivity index (χ4v) is 3.54. The molecule has 3 rings (SSSR count). The highest BCUT2D eigenvalue weighted by molar-refractivity contribution is 7.88. The first-order valence-electron chi connectivity index (χ1n) is 7.80. The van der Waals surface area contributed by atoms with Crippen LogP contribution in [0, 0.1) is 0 Å². The second kappa shape index (κ2) is 6.74. The Morgan fingerprint density at radius 1 is 1.42 bits per heavy atom. The van der Waals surface area contributed by atoms with Crippen LogP contribution < -0.4 is 4.72 Å². The van der Waals surface area contributed by atoms with Crippen LogP contribution in [0.2, 0.25) is 5.02 Å². The fourth-order valence-electron chi connectivity index (χ4n) is 2.80. The number of nitrogens with zero attached hydrogens (tertiary/aromatic N) is 2. The van der Waals surface area contributed by atoms with Gasteiger partial charge >= 0.3 is 0 Å². The molecule has 0 saturated heterocycles. The summed E-state index contributed by atoms with van der Waals surface area (Å²) in [5, 5.41) is 1.55. The van der Waals surface area contributed by atoms with Crippen molar-refractivity contribution in [3.05, 3.63) is 35.0 Å². The molecule has 0 radical (unpaired) electrons. The molecule has 0 spiro atoms. The van der Waals surface area contributed by atoms with Gasteiger partial charge in [0.25, 0.3) is 0 Å². The summed E-state index contributed by atoms with van der Waals surface area (Å²) in [6.45, 7) is 1.36. The normalized spacial score (nSPS) is 14.9. The van der Waals surface area contributed by atoms with Gasteiger partial charge in [0.15, 0.2) is 0 Å². The Bertz CT molecular complexity index is 859. The molecule has 0 bridgehead atoms. The SMILES string of the molecule is CS(=O)(=O)NCCn1cc(Cl)c2ccc(CN(C=O)C3CC3)cc21. The van der Waals surface area contributed by atoms with Crippen LogP contribution >= 0.6 is 11.6 Å². The fraction of sp³-hybridized carbons (Fsp3) is 0.438. The van der Waals surface area contributed by atoms with Gasteiger partial charge in [0.2, 0.25) is 16.4 Å². The molecule has 24 heavy (non-hydrogen) atoms. The van der Waals surface area contributed by atoms with Gasteiger partial charge in [0.05, 0.1) is 11.3 Å². The largest absolute Gasteiger partial charge is 0.345 e. The topological polar surface area (TPSA) is 71.4 Å². The lowest BCUT2D eigenvalue weighted by Crippen LogP contribution is -2.25. The van der Waals surface area contributed by atoms with Gasteiger partial charge in [-0.25, -0.2) is 13.1 Å². The number of carbonyl (C=O) groups is 1. The van der Waals surface area contributed by atoms with Crippen LogP contribution in [-0.4, -0.2) is 43.1 Å². The first-order chi connectivity index (χ1) is 11.4. The zero-order valence-corrected chi connectivity index (χ0v) is 15.0. The van der Waals surface area contributed by atoms with Gasteiger partial charge in [-0.3, -0.25) is 4.79 Å². The van der Waals surface area contributed by atoms with Gasteiger partial charge in [-0.2, -0.15) is 0 Å². The van der Waals surface area contributed by atoms with E-state index in [-0.39, 0.29) is 0 Å². The maximum Gasteiger partial charge on any atom is 0.210 e. The molecule has 0 aliphatic heterocycles. The number of nitrogens with one attached hydrogen (secondary N) is 1. The lowest BCUT2D eigenvalue weighted by atomic mass is 10.1. The van der Waals surface area contributed by atoms with E-state index in [0.29, 0.717) is 30.7 Å². The van der Waals surface area contributed by atoms with E-state index in [0.717, 1.165) is 42.0 Å². The van der Waals surface area contributed by atoms with Crippen molar-refractivity contribution in [3.63, 3.8) is 0 Å². The molecule has 0 unspecified atom stereocenters. The van der Waals surface area contributed by atoms with Crippen LogP contribution in [-0.2, 0) is 27.9 Å². The monoisotopic (exact) mass is 369 g/mol. The smallest absolute Gasteiger partial charge is 0.210 e. The van der Waals surface area contributed by atoms with Crippen LogP contribution in [0.15, 0.2) is 24.4 Å². The molecule has 130 valence electrons. The molecule has 1 amide bonds. The third-order valence-electron chi connectivity index (χ3n) is 4.13. The average Bonchev–Trinajstić information content (AvgIpc) is 3.30. The first-order valence-corrected chi connectivity index (χ1v) is 10.1. The molecular weight excluding hydrogens is 350 g/mol. The summed E-state index contributed by atoms with van der Waals surface area (Å²) in [5.74, 6) is 0. The Hall–Kier alpha value is -1.57. The molecular formula is C16H20ClN3O3S. The number of hydrogen-bond donors (Lipinski definition) is 1. The van der Waals surface area contributed by atoms with E-state index in [9.17, 15) is 13.2 Å². The van der Waals surface area contributed by atoms with Crippen LogP contribution in [0.3, 0.4) is 0 Å². The summed E-state index contributed by atoms with van der Waals surface area (Å²) in [5.41, 5.74) is 1.98. The molecule has 1 heterocycles. The van der Waals surface area contributed by atoms with Gasteiger partial charge in [0.1, 0.15) is 0 Å². The van der Waals surface area contributed by atoms with Crippen LogP contribution in [0.5, 0.6) is 0 Å². The van der Waals surface area contributed by atoms with Gasteiger partial charge in [-0.1, -0.05) is 23.7 Å². The predicted octanol–water partition coefficient (Wildman–Crippen LogP) is 1.96. The number of hydrogen-bond acceptors (Lipinski definition) is 3. The molecule has 1 aliphatic carbocycles. The summed E-state index contributed by atoms with van der Waals surface area (Å²) in [6.07, 6.45) is 5.99. The molecule has 1 fully saturated rings. The van der Waals surface area contributed by atoms with Crippen molar-refractivity contribution in [1.82, 2.24) is 14.2 Å². The standard InChI is InChI=1S/C16H20ClN3O3S/c1-24(22,23)18-6-7-19-10-15(17)14-5-2-12(8-16(14)19)9-20(11-21)13-3-4-13/h2,5,8,10-11,13,18H,3-4,6-7,9H2,1H3. The molecule has 1 N–H and O–H groups in total. The van der Waals surface area contributed by atoms with Crippen LogP contribution in [0.1, 0.15) is 18.4 Å². The van der Waals surface area contributed by atoms with Crippen molar-refractivity contribution >= 4 is 38.9 Å². The van der Waals surface area contributed by atoms with Crippen LogP contribution in [0.4, 0.5) is 0 Å². The van der Waals surface area contributed by atoms with E-state index in [4.69, 9.17) is 11.6 Å². The first kappa shape index (κ1) is 17.3. The molecule has 8 heteroatoms. The number of fused-ring (bicyclic) bond motifs is 1. The zero-order chi connectivity index (χ0) is 17.3. The Kier molecular flexibility index (Phi) is 4.85. The highest BCUT2D eigenvalue weighted by Gasteiger charge is 2.27. The second-order valence-corrected chi connectivity index (χ2v) is 8.44. The van der Waals surface area contributed by atoms with E-state index in [1.807, 2.05) is 27.7 Å². The van der Waals surface area contributed by atoms with Crippen LogP contribution in [0.25, 0.3) is 10.9 Å². The maximum absolute atomic E-state index is 11.2. The highest BCUT2D eigenvalue weighted by atomic mass is 35.5. The summed E-state index contributed by atoms with van der Waals surface area (Å²) in [4.78, 5) is 13.0. The number of halogens is 1. The van der Waals surface area contributed by atoms with E-state index < -0.39 is 10.0 Å². The third-order valence-corrected chi connectivity index (χ3v) is 5.16. The number of benzene rings is 1. The molecule has 1 saturated carbocycles. The number of carbonyl (C=O) groups excluding carboxylic acids is 1. The van der Waals surface area contributed by atoms with Crippen molar-refractivity contribution in [2.75, 3.05) is 12.8 Å². The predicted molar refractivity (Wildman–Crippen MR) is 94.4 cm³/mol. The molecule has 1 aromatic carbocycles. The summed E-state index contributed by atoms with van der Waals surface area (Å²) in [6, 6.07) is 6.31. The minimum atomic E-state index is -3.21. The zero-order valence-electron chi connectivity index (χ0n) is 13.4. The summed E-state index contributed by atoms with van der Waals surface area (Å²) in [7, 11) is -3.21. The van der Waals surface area contributed by atoms with E-state index in [1.165, 1.54) is 0 Å². The Labute approximate surface area is 146 Å². The van der Waals surface area contributed by atoms with Crippen molar-refractivity contribution in [2.45, 2.75) is 32.0 Å². The Morgan fingerprint density at radius 3 is 2.79 bits per heavy atom. The van der Waals surface area contributed by atoms with Crippen molar-refractivity contribution in [1.29, 1.82) is 0 Å². The molecule has 0 atom stereocenters. The van der Waals surface area contributed by atoms with Gasteiger partial charge < -0.3 is 9.47 Å². The number of sulfonamides is 1. The van der Waals surface area contributed by atoms with E-state index >= 15 is 0 Å². The lowest BCUT2D eigenvalue weighted by Gasteiger charge is -2.16. The quantitative estimate of drug-likeness (QED) is 0.723. The highest BCUT2D eigenvalue weighted by Crippen LogP contribution is 2.30. The Morgan fingerprint density at radius 2 is 2.17 bits per heavy atom. The van der Waals surface area contributed by atoms with Gasteiger partial charge in [0, 0.05) is 42.8 Å². The maximum atomic E-state index is 11.2. The number of rotatable bonds is 8. The van der Waals surface area contributed by atoms with Crippen molar-refractivity contribution in [2.24, 2.45) is 0 Å². The molecule has 1 aromatic heterocycles. The minimum Gasteiger partial charge on any atom is -0.345 e. The average molecular weight is 370 g/mol. The Balaban J connectivity index is 1.81. The summed E-state index contributed by atoms with van der Waals surface area (Å²) < 4.78 is 26.8. The van der Waals surface area contributed by atoms with Gasteiger partial charge in [-0.05, 0) is 24.5 Å². The van der Waals surface area contributed by atoms with Gasteiger partial charge in [-0.15, -0.1) is 0 Å². The van der Waals surface area contributed by atoms with Crippen molar-refractivity contribution < 1.29 is 13.2 Å². The van der Waals surface area contributed by atoms with E-state index in [1.54, 1.807) is 6.20 Å².